The van der Waals surface area contributed by atoms with Gasteiger partial charge >= 0.3 is 6.03 Å². The highest BCUT2D eigenvalue weighted by atomic mass is 79.9. The molecule has 11 nitrogen and oxygen atoms in total. The van der Waals surface area contributed by atoms with Crippen molar-refractivity contribution in [3.8, 4) is 5.75 Å². The number of benzene rings is 2. The zero-order chi connectivity index (χ0) is 32.9. The molecular weight excluding hydrogens is 718 g/mol. The third kappa shape index (κ3) is 10.4. The van der Waals surface area contributed by atoms with Gasteiger partial charge in [0.2, 0.25) is 11.8 Å². The molecule has 1 aromatic heterocycles. The van der Waals surface area contributed by atoms with E-state index in [1.165, 1.54) is 0 Å². The van der Waals surface area contributed by atoms with Gasteiger partial charge in [0, 0.05) is 57.2 Å². The first-order chi connectivity index (χ1) is 22.2. The van der Waals surface area contributed by atoms with E-state index >= 15 is 0 Å². The van der Waals surface area contributed by atoms with Gasteiger partial charge in [-0.2, -0.15) is 0 Å². The molecule has 1 saturated heterocycles. The molecule has 0 saturated carbocycles. The van der Waals surface area contributed by atoms with Gasteiger partial charge in [-0.05, 0) is 99.5 Å². The minimum absolute atomic E-state index is 0.0333. The van der Waals surface area contributed by atoms with Crippen LogP contribution in [-0.4, -0.2) is 84.2 Å². The van der Waals surface area contributed by atoms with Crippen molar-refractivity contribution in [2.45, 2.75) is 44.2 Å². The van der Waals surface area contributed by atoms with E-state index in [0.717, 1.165) is 17.7 Å². The summed E-state index contributed by atoms with van der Waals surface area (Å²) in [5.41, 5.74) is 8.56. The Morgan fingerprint density at radius 3 is 2.22 bits per heavy atom. The summed E-state index contributed by atoms with van der Waals surface area (Å²) in [5, 5.41) is 18.8. The van der Waals surface area contributed by atoms with Crippen molar-refractivity contribution in [2.24, 2.45) is 5.73 Å². The van der Waals surface area contributed by atoms with Crippen LogP contribution in [0.4, 0.5) is 10.5 Å². The van der Waals surface area contributed by atoms with Gasteiger partial charge in [0.25, 0.3) is 0 Å². The van der Waals surface area contributed by atoms with Gasteiger partial charge in [0.15, 0.2) is 0 Å². The van der Waals surface area contributed by atoms with Crippen molar-refractivity contribution in [1.29, 1.82) is 0 Å². The average Bonchev–Trinajstić information content (AvgIpc) is 3.07. The van der Waals surface area contributed by atoms with E-state index in [2.05, 4.69) is 57.7 Å². The fraction of sp³-hybridized carbons (Fsp3) is 0.394. The standard InChI is InChI=1S/C33H41Br2N7O4/c34-26-20-24(21-27(35)30(26)43)22-29(40-33(46)38-15-9-23-6-2-1-3-7-23)31(44)39-28(8-4-5-12-36)32(45)42-18-16-41(17-19-42)25-10-13-37-14-11-25/h1-3,6-7,10-11,13-14,20-21,28-29,43H,4-5,8-9,12,15-19,22,36H2,(H,39,44)(H2,38,40,46)/t28-,29+/m0/s1. The van der Waals surface area contributed by atoms with Crippen LogP contribution in [0.3, 0.4) is 0 Å². The molecule has 1 aliphatic rings. The number of aromatic nitrogens is 1. The summed E-state index contributed by atoms with van der Waals surface area (Å²) in [6.45, 7) is 3.23. The zero-order valence-corrected chi connectivity index (χ0v) is 28.8. The number of unbranched alkanes of at least 4 members (excludes halogenated alkanes) is 1. The highest BCUT2D eigenvalue weighted by molar-refractivity contribution is 9.11. The van der Waals surface area contributed by atoms with Gasteiger partial charge in [-0.15, -0.1) is 0 Å². The van der Waals surface area contributed by atoms with Gasteiger partial charge in [-0.25, -0.2) is 4.79 Å². The first-order valence-electron chi connectivity index (χ1n) is 15.4. The van der Waals surface area contributed by atoms with E-state index in [1.54, 1.807) is 29.4 Å². The number of pyridine rings is 1. The molecule has 46 heavy (non-hydrogen) atoms. The maximum absolute atomic E-state index is 13.8. The third-order valence-corrected chi connectivity index (χ3v) is 9.07. The minimum Gasteiger partial charge on any atom is -0.506 e. The molecule has 0 radical (unpaired) electrons. The summed E-state index contributed by atoms with van der Waals surface area (Å²) < 4.78 is 0.896. The number of nitrogens with two attached hydrogens (primary N) is 1. The molecule has 1 fully saturated rings. The normalized spacial score (nSPS) is 14.3. The van der Waals surface area contributed by atoms with Crippen LogP contribution in [0.5, 0.6) is 5.75 Å². The number of carbonyl (C=O) groups excluding carboxylic acids is 3. The molecule has 13 heteroatoms. The Hall–Kier alpha value is -3.68. The van der Waals surface area contributed by atoms with Crippen LogP contribution in [-0.2, 0) is 22.4 Å². The smallest absolute Gasteiger partial charge is 0.315 e. The molecule has 0 spiro atoms. The SMILES string of the molecule is NCCCC[C@H](NC(=O)[C@@H](Cc1cc(Br)c(O)c(Br)c1)NC(=O)NCCc1ccccc1)C(=O)N1CCN(c2ccncc2)CC1. The largest absolute Gasteiger partial charge is 0.506 e. The summed E-state index contributed by atoms with van der Waals surface area (Å²) in [6, 6.07) is 14.8. The van der Waals surface area contributed by atoms with Crippen LogP contribution >= 0.6 is 31.9 Å². The maximum atomic E-state index is 13.8. The van der Waals surface area contributed by atoms with Gasteiger partial charge in [0.1, 0.15) is 17.8 Å². The van der Waals surface area contributed by atoms with Crippen molar-refractivity contribution in [1.82, 2.24) is 25.8 Å². The predicted octanol–water partition coefficient (Wildman–Crippen LogP) is 3.73. The lowest BCUT2D eigenvalue weighted by atomic mass is 10.0. The number of anilines is 1. The van der Waals surface area contributed by atoms with Crippen molar-refractivity contribution in [2.75, 3.05) is 44.2 Å². The quantitative estimate of drug-likeness (QED) is 0.157. The molecule has 0 bridgehead atoms. The fourth-order valence-electron chi connectivity index (χ4n) is 5.34. The number of amides is 4. The molecule has 2 aromatic carbocycles. The summed E-state index contributed by atoms with van der Waals surface area (Å²) in [7, 11) is 0. The lowest BCUT2D eigenvalue weighted by Gasteiger charge is -2.37. The molecule has 2 atom stereocenters. The van der Waals surface area contributed by atoms with Crippen LogP contribution < -0.4 is 26.6 Å². The van der Waals surface area contributed by atoms with E-state index in [4.69, 9.17) is 5.73 Å². The summed E-state index contributed by atoms with van der Waals surface area (Å²) in [5.74, 6) is -0.591. The topological polar surface area (TPSA) is 153 Å². The highest BCUT2D eigenvalue weighted by Crippen LogP contribution is 2.33. The number of hydrogen-bond acceptors (Lipinski definition) is 7. The Labute approximate surface area is 286 Å². The maximum Gasteiger partial charge on any atom is 0.315 e. The molecule has 246 valence electrons. The van der Waals surface area contributed by atoms with Gasteiger partial charge in [-0.3, -0.25) is 14.6 Å². The second kappa shape index (κ2) is 17.9. The van der Waals surface area contributed by atoms with Crippen LogP contribution in [0.25, 0.3) is 0 Å². The summed E-state index contributed by atoms with van der Waals surface area (Å²) in [6.07, 6.45) is 6.08. The Balaban J connectivity index is 1.45. The minimum atomic E-state index is -0.992. The van der Waals surface area contributed by atoms with Gasteiger partial charge in [0.05, 0.1) is 8.95 Å². The Kier molecular flexibility index (Phi) is 13.7. The number of rotatable bonds is 14. The highest BCUT2D eigenvalue weighted by Gasteiger charge is 2.31. The Bertz CT molecular complexity index is 1420. The van der Waals surface area contributed by atoms with E-state index in [1.807, 2.05) is 42.5 Å². The molecule has 0 aliphatic carbocycles. The average molecular weight is 760 g/mol. The van der Waals surface area contributed by atoms with Crippen molar-refractivity contribution >= 4 is 55.4 Å². The molecular formula is C33H41Br2N7O4. The lowest BCUT2D eigenvalue weighted by molar-refractivity contribution is -0.137. The first-order valence-corrected chi connectivity index (χ1v) is 17.0. The zero-order valence-electron chi connectivity index (χ0n) is 25.6. The van der Waals surface area contributed by atoms with Crippen molar-refractivity contribution in [3.05, 3.63) is 87.1 Å². The van der Waals surface area contributed by atoms with Gasteiger partial charge < -0.3 is 36.6 Å². The van der Waals surface area contributed by atoms with E-state index < -0.39 is 24.0 Å². The molecule has 6 N–H and O–H groups in total. The summed E-state index contributed by atoms with van der Waals surface area (Å²) >= 11 is 6.68. The third-order valence-electron chi connectivity index (χ3n) is 7.86. The monoisotopic (exact) mass is 757 g/mol. The van der Waals surface area contributed by atoms with Crippen LogP contribution in [0.1, 0.15) is 30.4 Å². The predicted molar refractivity (Wildman–Crippen MR) is 186 cm³/mol. The number of aromatic hydroxyl groups is 1. The Morgan fingerprint density at radius 1 is 0.891 bits per heavy atom. The number of urea groups is 1. The fourth-order valence-corrected chi connectivity index (χ4v) is 6.62. The number of piperazine rings is 1. The number of halogens is 2. The number of phenols is 1. The van der Waals surface area contributed by atoms with Crippen LogP contribution in [0.15, 0.2) is 75.9 Å². The number of nitrogens with one attached hydrogen (secondary N) is 3. The molecule has 4 amide bonds. The van der Waals surface area contributed by atoms with Crippen molar-refractivity contribution in [3.63, 3.8) is 0 Å². The molecule has 4 rings (SSSR count). The van der Waals surface area contributed by atoms with Crippen molar-refractivity contribution < 1.29 is 19.5 Å². The number of nitrogens with zero attached hydrogens (tertiary/aromatic N) is 3. The van der Waals surface area contributed by atoms with E-state index in [9.17, 15) is 19.5 Å². The first kappa shape index (κ1) is 35.2. The van der Waals surface area contributed by atoms with Crippen LogP contribution in [0, 0.1) is 0 Å². The Morgan fingerprint density at radius 2 is 1.57 bits per heavy atom. The van der Waals surface area contributed by atoms with Gasteiger partial charge in [-0.1, -0.05) is 30.3 Å². The number of carbonyl (C=O) groups is 3. The van der Waals surface area contributed by atoms with E-state index in [-0.39, 0.29) is 18.1 Å². The molecule has 1 aliphatic heterocycles. The second-order valence-corrected chi connectivity index (χ2v) is 12.9. The second-order valence-electron chi connectivity index (χ2n) is 11.2. The number of phenolic OH excluding ortho intramolecular Hbond substituents is 1. The summed E-state index contributed by atoms with van der Waals surface area (Å²) in [4.78, 5) is 48.7. The van der Waals surface area contributed by atoms with Crippen LogP contribution in [0.2, 0.25) is 0 Å². The molecule has 3 aromatic rings. The molecule has 0 unspecified atom stereocenters. The molecule has 2 heterocycles. The lowest BCUT2D eigenvalue weighted by Crippen LogP contribution is -2.58. The number of hydrogen-bond donors (Lipinski definition) is 5. The van der Waals surface area contributed by atoms with E-state index in [0.29, 0.717) is 73.0 Å².